The van der Waals surface area contributed by atoms with Crippen molar-refractivity contribution in [1.29, 1.82) is 0 Å². The van der Waals surface area contributed by atoms with Gasteiger partial charge >= 0.3 is 5.69 Å². The number of nitrogens with one attached hydrogen (secondary N) is 1. The van der Waals surface area contributed by atoms with Crippen LogP contribution in [0.25, 0.3) is 0 Å². The molecule has 1 fully saturated rings. The predicted octanol–water partition coefficient (Wildman–Crippen LogP) is 0.128. The van der Waals surface area contributed by atoms with Crippen molar-refractivity contribution in [1.82, 2.24) is 9.97 Å². The molecule has 9 nitrogen and oxygen atoms in total. The normalized spacial score (nSPS) is 18.6. The zero-order valence-electron chi connectivity index (χ0n) is 11.1. The molecule has 1 saturated heterocycles. The van der Waals surface area contributed by atoms with Crippen LogP contribution in [-0.4, -0.2) is 40.9 Å². The van der Waals surface area contributed by atoms with E-state index in [9.17, 15) is 14.9 Å². The summed E-state index contributed by atoms with van der Waals surface area (Å²) in [5.41, 5.74) is 5.14. The van der Waals surface area contributed by atoms with Gasteiger partial charge in [-0.25, -0.2) is 9.97 Å². The maximum atomic E-state index is 11.3. The quantitative estimate of drug-likeness (QED) is 0.592. The van der Waals surface area contributed by atoms with Crippen molar-refractivity contribution in [2.24, 2.45) is 11.7 Å². The van der Waals surface area contributed by atoms with Gasteiger partial charge in [0.25, 0.3) is 0 Å². The predicted molar refractivity (Wildman–Crippen MR) is 72.4 cm³/mol. The molecule has 1 aliphatic heterocycles. The summed E-state index contributed by atoms with van der Waals surface area (Å²) < 4.78 is 0. The van der Waals surface area contributed by atoms with Crippen molar-refractivity contribution in [3.05, 3.63) is 16.4 Å². The number of carbonyl (C=O) groups is 1. The van der Waals surface area contributed by atoms with Crippen LogP contribution in [0, 0.1) is 16.0 Å². The summed E-state index contributed by atoms with van der Waals surface area (Å²) in [5, 5.41) is 13.9. The molecule has 0 spiro atoms. The van der Waals surface area contributed by atoms with Gasteiger partial charge in [0.2, 0.25) is 17.5 Å². The number of rotatable bonds is 4. The third kappa shape index (κ3) is 2.60. The number of piperidine rings is 1. The van der Waals surface area contributed by atoms with Gasteiger partial charge in [-0.2, -0.15) is 0 Å². The highest BCUT2D eigenvalue weighted by atomic mass is 16.6. The van der Waals surface area contributed by atoms with E-state index in [1.807, 2.05) is 0 Å². The minimum atomic E-state index is -0.519. The number of carbonyl (C=O) groups excluding carboxylic acids is 1. The maximum Gasteiger partial charge on any atom is 0.353 e. The van der Waals surface area contributed by atoms with E-state index < -0.39 is 4.92 Å². The van der Waals surface area contributed by atoms with E-state index in [2.05, 4.69) is 15.3 Å². The number of anilines is 2. The molecule has 0 saturated carbocycles. The van der Waals surface area contributed by atoms with E-state index >= 15 is 0 Å². The average Bonchev–Trinajstić information content (AvgIpc) is 2.46. The summed E-state index contributed by atoms with van der Waals surface area (Å²) in [5.74, 6) is -0.321. The van der Waals surface area contributed by atoms with E-state index in [1.165, 1.54) is 6.33 Å². The molecular weight excluding hydrogens is 264 g/mol. The average molecular weight is 280 g/mol. The van der Waals surface area contributed by atoms with Gasteiger partial charge in [-0.1, -0.05) is 0 Å². The minimum absolute atomic E-state index is 0.154. The summed E-state index contributed by atoms with van der Waals surface area (Å²) in [6, 6.07) is 0. The number of amides is 1. The highest BCUT2D eigenvalue weighted by Crippen LogP contribution is 2.33. The summed E-state index contributed by atoms with van der Waals surface area (Å²) >= 11 is 0. The minimum Gasteiger partial charge on any atom is -0.369 e. The Hall–Kier alpha value is -2.45. The lowest BCUT2D eigenvalue weighted by Crippen LogP contribution is -2.41. The fraction of sp³-hybridized carbons (Fsp3) is 0.545. The first-order valence-corrected chi connectivity index (χ1v) is 6.26. The van der Waals surface area contributed by atoms with Gasteiger partial charge in [0.05, 0.1) is 10.8 Å². The van der Waals surface area contributed by atoms with Crippen molar-refractivity contribution in [3.8, 4) is 0 Å². The highest BCUT2D eigenvalue weighted by Gasteiger charge is 2.31. The first kappa shape index (κ1) is 14.0. The van der Waals surface area contributed by atoms with Crippen LogP contribution in [0.15, 0.2) is 6.33 Å². The largest absolute Gasteiger partial charge is 0.369 e. The maximum absolute atomic E-state index is 11.3. The van der Waals surface area contributed by atoms with Gasteiger partial charge in [0.1, 0.15) is 6.33 Å². The van der Waals surface area contributed by atoms with Crippen LogP contribution in [-0.2, 0) is 4.79 Å². The number of hydrogen-bond acceptors (Lipinski definition) is 7. The Morgan fingerprint density at radius 2 is 2.35 bits per heavy atom. The standard InChI is InChI=1S/C11H16N6O3/c1-13-10-8(17(19)20)11(15-6-14-10)16-4-2-3-7(5-16)9(12)18/h6-7H,2-5H2,1H3,(H2,12,18)(H,13,14,15). The Kier molecular flexibility index (Phi) is 3.97. The summed E-state index contributed by atoms with van der Waals surface area (Å²) in [6.45, 7) is 0.946. The number of nitrogens with zero attached hydrogens (tertiary/aromatic N) is 4. The van der Waals surface area contributed by atoms with Crippen molar-refractivity contribution >= 4 is 23.2 Å². The summed E-state index contributed by atoms with van der Waals surface area (Å²) in [6.07, 6.45) is 2.70. The van der Waals surface area contributed by atoms with E-state index in [-0.39, 0.29) is 29.1 Å². The molecule has 3 N–H and O–H groups in total. The zero-order chi connectivity index (χ0) is 14.7. The van der Waals surface area contributed by atoms with Crippen LogP contribution in [0.1, 0.15) is 12.8 Å². The third-order valence-corrected chi connectivity index (χ3v) is 3.35. The fourth-order valence-electron chi connectivity index (χ4n) is 2.35. The number of hydrogen-bond donors (Lipinski definition) is 2. The van der Waals surface area contributed by atoms with Crippen LogP contribution < -0.4 is 16.0 Å². The summed E-state index contributed by atoms with van der Waals surface area (Å²) in [4.78, 5) is 31.6. The molecule has 0 aliphatic carbocycles. The monoisotopic (exact) mass is 280 g/mol. The van der Waals surface area contributed by atoms with Crippen LogP contribution in [0.2, 0.25) is 0 Å². The lowest BCUT2D eigenvalue weighted by molar-refractivity contribution is -0.383. The van der Waals surface area contributed by atoms with Crippen molar-refractivity contribution < 1.29 is 9.72 Å². The number of primary amides is 1. The molecule has 1 aromatic rings. The molecular formula is C11H16N6O3. The second kappa shape index (κ2) is 5.68. The van der Waals surface area contributed by atoms with Gasteiger partial charge in [0, 0.05) is 20.1 Å². The van der Waals surface area contributed by atoms with Crippen LogP contribution >= 0.6 is 0 Å². The zero-order valence-corrected chi connectivity index (χ0v) is 11.1. The van der Waals surface area contributed by atoms with E-state index in [1.54, 1.807) is 11.9 Å². The lowest BCUT2D eigenvalue weighted by atomic mass is 9.97. The first-order chi connectivity index (χ1) is 9.54. The fourth-order valence-corrected chi connectivity index (χ4v) is 2.35. The van der Waals surface area contributed by atoms with Crippen LogP contribution in [0.5, 0.6) is 0 Å². The van der Waals surface area contributed by atoms with Gasteiger partial charge in [-0.05, 0) is 12.8 Å². The molecule has 0 radical (unpaired) electrons. The second-order valence-electron chi connectivity index (χ2n) is 4.59. The number of nitro groups is 1. The SMILES string of the molecule is CNc1ncnc(N2CCCC(C(N)=O)C2)c1[N+](=O)[O-]. The third-order valence-electron chi connectivity index (χ3n) is 3.35. The van der Waals surface area contributed by atoms with Crippen molar-refractivity contribution in [2.45, 2.75) is 12.8 Å². The van der Waals surface area contributed by atoms with Gasteiger partial charge in [-0.15, -0.1) is 0 Å². The van der Waals surface area contributed by atoms with E-state index in [4.69, 9.17) is 5.73 Å². The Morgan fingerprint density at radius 1 is 1.60 bits per heavy atom. The Balaban J connectivity index is 2.37. The van der Waals surface area contributed by atoms with E-state index in [0.29, 0.717) is 19.5 Å². The molecule has 1 atom stereocenters. The Labute approximate surface area is 115 Å². The molecule has 1 amide bonds. The molecule has 1 aromatic heterocycles. The molecule has 108 valence electrons. The van der Waals surface area contributed by atoms with Gasteiger partial charge < -0.3 is 16.0 Å². The first-order valence-electron chi connectivity index (χ1n) is 6.26. The summed E-state index contributed by atoms with van der Waals surface area (Å²) in [7, 11) is 1.56. The van der Waals surface area contributed by atoms with E-state index in [0.717, 1.165) is 6.42 Å². The molecule has 20 heavy (non-hydrogen) atoms. The van der Waals surface area contributed by atoms with Crippen LogP contribution in [0.4, 0.5) is 17.3 Å². The van der Waals surface area contributed by atoms with Gasteiger partial charge in [0.15, 0.2) is 0 Å². The van der Waals surface area contributed by atoms with Gasteiger partial charge in [-0.3, -0.25) is 14.9 Å². The van der Waals surface area contributed by atoms with Crippen molar-refractivity contribution in [2.75, 3.05) is 30.4 Å². The Morgan fingerprint density at radius 3 is 2.95 bits per heavy atom. The second-order valence-corrected chi connectivity index (χ2v) is 4.59. The lowest BCUT2D eigenvalue weighted by Gasteiger charge is -2.31. The topological polar surface area (TPSA) is 127 Å². The molecule has 1 unspecified atom stereocenters. The number of aromatic nitrogens is 2. The van der Waals surface area contributed by atoms with Crippen LogP contribution in [0.3, 0.4) is 0 Å². The molecule has 0 aromatic carbocycles. The van der Waals surface area contributed by atoms with Crippen molar-refractivity contribution in [3.63, 3.8) is 0 Å². The molecule has 9 heteroatoms. The molecule has 1 aliphatic rings. The molecule has 2 heterocycles. The smallest absolute Gasteiger partial charge is 0.353 e. The molecule has 0 bridgehead atoms. The molecule has 2 rings (SSSR count). The highest BCUT2D eigenvalue weighted by molar-refractivity contribution is 5.78. The Bertz CT molecular complexity index is 535. The number of nitrogens with two attached hydrogens (primary N) is 1.